The summed E-state index contributed by atoms with van der Waals surface area (Å²) in [6, 6.07) is 0.680. The number of nitrogens with one attached hydrogen (secondary N) is 2. The third-order valence-corrected chi connectivity index (χ3v) is 4.41. The van der Waals surface area contributed by atoms with Crippen LogP contribution in [0, 0.1) is 11.8 Å². The molecule has 5 heteroatoms. The molecule has 2 N–H and O–H groups in total. The number of nitrogens with zero attached hydrogens (tertiary/aromatic N) is 1. The van der Waals surface area contributed by atoms with Crippen LogP contribution in [0.2, 0.25) is 0 Å². The van der Waals surface area contributed by atoms with Crippen LogP contribution < -0.4 is 10.6 Å². The summed E-state index contributed by atoms with van der Waals surface area (Å²) in [7, 11) is 0. The second kappa shape index (κ2) is 4.97. The third kappa shape index (κ3) is 2.29. The summed E-state index contributed by atoms with van der Waals surface area (Å²) in [5, 5.41) is 6.91. The second-order valence-electron chi connectivity index (χ2n) is 5.61. The topological polar surface area (TPSA) is 61.4 Å². The summed E-state index contributed by atoms with van der Waals surface area (Å²) in [5.41, 5.74) is 0. The molecule has 100 valence electrons. The fourth-order valence-corrected chi connectivity index (χ4v) is 3.28. The summed E-state index contributed by atoms with van der Waals surface area (Å²) in [5.74, 6) is 1.67. The van der Waals surface area contributed by atoms with Gasteiger partial charge in [0.15, 0.2) is 0 Å². The lowest BCUT2D eigenvalue weighted by atomic mass is 10.1. The first-order valence-corrected chi connectivity index (χ1v) is 7.04. The Hall–Kier alpha value is -0.940. The number of fused-ring (bicyclic) bond motifs is 1. The number of hydrogen-bond acceptors (Lipinski definition) is 4. The highest BCUT2D eigenvalue weighted by Gasteiger charge is 2.52. The minimum Gasteiger partial charge on any atom is -0.316 e. The first kappa shape index (κ1) is 12.1. The number of carbonyl (C=O) groups excluding carboxylic acids is 2. The minimum atomic E-state index is 0.0127. The molecule has 0 spiro atoms. The van der Waals surface area contributed by atoms with E-state index in [9.17, 15) is 9.59 Å². The van der Waals surface area contributed by atoms with E-state index in [1.807, 2.05) is 0 Å². The van der Waals surface area contributed by atoms with Gasteiger partial charge in [-0.1, -0.05) is 0 Å². The molecule has 5 nitrogen and oxygen atoms in total. The van der Waals surface area contributed by atoms with E-state index < -0.39 is 0 Å². The third-order valence-electron chi connectivity index (χ3n) is 4.41. The lowest BCUT2D eigenvalue weighted by Gasteiger charge is -2.24. The van der Waals surface area contributed by atoms with Crippen molar-refractivity contribution in [2.24, 2.45) is 11.8 Å². The summed E-state index contributed by atoms with van der Waals surface area (Å²) < 4.78 is 0. The van der Waals surface area contributed by atoms with Crippen molar-refractivity contribution in [2.75, 3.05) is 26.2 Å². The molecule has 1 aliphatic carbocycles. The molecule has 0 aromatic carbocycles. The van der Waals surface area contributed by atoms with E-state index in [1.54, 1.807) is 0 Å². The SMILES string of the molecule is O=C1CCCC(=O)N1CCCNC1C2CNCC21. The Labute approximate surface area is 107 Å². The molecule has 2 heterocycles. The molecule has 2 aliphatic heterocycles. The van der Waals surface area contributed by atoms with Gasteiger partial charge < -0.3 is 10.6 Å². The Morgan fingerprint density at radius 2 is 1.83 bits per heavy atom. The van der Waals surface area contributed by atoms with E-state index in [-0.39, 0.29) is 11.8 Å². The highest BCUT2D eigenvalue weighted by atomic mass is 16.2. The standard InChI is InChI=1S/C13H21N3O2/c17-11-3-1-4-12(18)16(11)6-2-5-15-13-9-7-14-8-10(9)13/h9-10,13-15H,1-8H2. The maximum atomic E-state index is 11.6. The van der Waals surface area contributed by atoms with Crippen molar-refractivity contribution in [2.45, 2.75) is 31.7 Å². The van der Waals surface area contributed by atoms with Crippen LogP contribution in [0.15, 0.2) is 0 Å². The highest BCUT2D eigenvalue weighted by molar-refractivity contribution is 5.97. The molecule has 18 heavy (non-hydrogen) atoms. The molecule has 3 fully saturated rings. The van der Waals surface area contributed by atoms with Crippen molar-refractivity contribution in [3.05, 3.63) is 0 Å². The van der Waals surface area contributed by atoms with Gasteiger partial charge in [-0.15, -0.1) is 0 Å². The average molecular weight is 251 g/mol. The zero-order valence-corrected chi connectivity index (χ0v) is 10.7. The van der Waals surface area contributed by atoms with E-state index in [0.29, 0.717) is 25.4 Å². The fourth-order valence-electron chi connectivity index (χ4n) is 3.28. The molecular weight excluding hydrogens is 230 g/mol. The summed E-state index contributed by atoms with van der Waals surface area (Å²) in [6.45, 7) is 3.79. The molecule has 0 aromatic heterocycles. The van der Waals surface area contributed by atoms with Gasteiger partial charge in [-0.3, -0.25) is 14.5 Å². The van der Waals surface area contributed by atoms with Crippen molar-refractivity contribution in [3.8, 4) is 0 Å². The summed E-state index contributed by atoms with van der Waals surface area (Å²) >= 11 is 0. The predicted octanol–water partition coefficient (Wildman–Crippen LogP) is -0.277. The van der Waals surface area contributed by atoms with E-state index in [4.69, 9.17) is 0 Å². The molecule has 3 aliphatic rings. The minimum absolute atomic E-state index is 0.0127. The lowest BCUT2D eigenvalue weighted by molar-refractivity contribution is -0.147. The predicted molar refractivity (Wildman–Crippen MR) is 66.8 cm³/mol. The number of hydrogen-bond donors (Lipinski definition) is 2. The molecule has 2 amide bonds. The fraction of sp³-hybridized carbons (Fsp3) is 0.846. The average Bonchev–Trinajstić information content (AvgIpc) is 2.80. The Morgan fingerprint density at radius 3 is 2.50 bits per heavy atom. The van der Waals surface area contributed by atoms with Gasteiger partial charge in [0.2, 0.25) is 11.8 Å². The van der Waals surface area contributed by atoms with Gasteiger partial charge in [0.25, 0.3) is 0 Å². The number of imide groups is 1. The van der Waals surface area contributed by atoms with Gasteiger partial charge in [0.1, 0.15) is 0 Å². The first-order valence-electron chi connectivity index (χ1n) is 7.04. The molecule has 2 saturated heterocycles. The Balaban J connectivity index is 1.34. The van der Waals surface area contributed by atoms with Crippen LogP contribution >= 0.6 is 0 Å². The largest absolute Gasteiger partial charge is 0.316 e. The van der Waals surface area contributed by atoms with Gasteiger partial charge >= 0.3 is 0 Å². The Kier molecular flexibility index (Phi) is 3.35. The summed E-state index contributed by atoms with van der Waals surface area (Å²) in [4.78, 5) is 24.6. The van der Waals surface area contributed by atoms with E-state index in [1.165, 1.54) is 4.90 Å². The molecule has 2 unspecified atom stereocenters. The lowest BCUT2D eigenvalue weighted by Crippen LogP contribution is -2.41. The zero-order valence-electron chi connectivity index (χ0n) is 10.7. The molecular formula is C13H21N3O2. The monoisotopic (exact) mass is 251 g/mol. The number of likely N-dealkylation sites (tertiary alicyclic amines) is 1. The number of carbonyl (C=O) groups is 2. The van der Waals surface area contributed by atoms with Crippen molar-refractivity contribution < 1.29 is 9.59 Å². The van der Waals surface area contributed by atoms with E-state index >= 15 is 0 Å². The molecule has 0 aromatic rings. The van der Waals surface area contributed by atoms with Crippen molar-refractivity contribution in [1.29, 1.82) is 0 Å². The van der Waals surface area contributed by atoms with E-state index in [2.05, 4.69) is 10.6 Å². The van der Waals surface area contributed by atoms with Gasteiger partial charge in [0, 0.05) is 25.4 Å². The Bertz CT molecular complexity index is 332. The van der Waals surface area contributed by atoms with Crippen LogP contribution in [-0.4, -0.2) is 48.9 Å². The van der Waals surface area contributed by atoms with Crippen LogP contribution in [0.3, 0.4) is 0 Å². The normalized spacial score (nSPS) is 34.9. The van der Waals surface area contributed by atoms with Gasteiger partial charge in [-0.2, -0.15) is 0 Å². The van der Waals surface area contributed by atoms with Crippen molar-refractivity contribution >= 4 is 11.8 Å². The highest BCUT2D eigenvalue weighted by Crippen LogP contribution is 2.41. The smallest absolute Gasteiger partial charge is 0.229 e. The van der Waals surface area contributed by atoms with Crippen LogP contribution in [0.1, 0.15) is 25.7 Å². The van der Waals surface area contributed by atoms with Crippen LogP contribution in [0.4, 0.5) is 0 Å². The summed E-state index contributed by atoms with van der Waals surface area (Å²) in [6.07, 6.45) is 2.68. The molecule has 1 saturated carbocycles. The second-order valence-corrected chi connectivity index (χ2v) is 5.61. The maximum absolute atomic E-state index is 11.6. The number of piperidine rings is 2. The first-order chi connectivity index (χ1) is 8.77. The number of rotatable bonds is 5. The number of amides is 2. The van der Waals surface area contributed by atoms with Gasteiger partial charge in [-0.05, 0) is 44.3 Å². The maximum Gasteiger partial charge on any atom is 0.229 e. The molecule has 3 rings (SSSR count). The quantitative estimate of drug-likeness (QED) is 0.521. The van der Waals surface area contributed by atoms with Gasteiger partial charge in [0.05, 0.1) is 0 Å². The molecule has 2 atom stereocenters. The Morgan fingerprint density at radius 1 is 1.17 bits per heavy atom. The van der Waals surface area contributed by atoms with Crippen LogP contribution in [-0.2, 0) is 9.59 Å². The molecule has 0 radical (unpaired) electrons. The van der Waals surface area contributed by atoms with Gasteiger partial charge in [-0.25, -0.2) is 0 Å². The van der Waals surface area contributed by atoms with Crippen LogP contribution in [0.25, 0.3) is 0 Å². The van der Waals surface area contributed by atoms with Crippen molar-refractivity contribution in [3.63, 3.8) is 0 Å². The van der Waals surface area contributed by atoms with E-state index in [0.717, 1.165) is 44.3 Å². The van der Waals surface area contributed by atoms with Crippen LogP contribution in [0.5, 0.6) is 0 Å². The zero-order chi connectivity index (χ0) is 12.5. The molecule has 0 bridgehead atoms. The van der Waals surface area contributed by atoms with Crippen molar-refractivity contribution in [1.82, 2.24) is 15.5 Å².